The van der Waals surface area contributed by atoms with Gasteiger partial charge in [0, 0.05) is 24.3 Å². The van der Waals surface area contributed by atoms with Gasteiger partial charge in [0.2, 0.25) is 0 Å². The minimum atomic E-state index is 0. The van der Waals surface area contributed by atoms with Gasteiger partial charge in [0.15, 0.2) is 0 Å². The van der Waals surface area contributed by atoms with Gasteiger partial charge in [-0.25, -0.2) is 0 Å². The van der Waals surface area contributed by atoms with E-state index >= 15 is 0 Å². The van der Waals surface area contributed by atoms with Crippen molar-refractivity contribution in [1.29, 1.82) is 0 Å². The number of hydrogen-bond donors (Lipinski definition) is 0. The second kappa shape index (κ2) is 6.43. The Bertz CT molecular complexity index is 673. The number of hydrogen-bond acceptors (Lipinski definition) is 2. The van der Waals surface area contributed by atoms with Crippen LogP contribution in [0, 0.1) is 13.8 Å². The highest BCUT2D eigenvalue weighted by molar-refractivity contribution is 5.85. The predicted molar refractivity (Wildman–Crippen MR) is 94.9 cm³/mol. The first kappa shape index (κ1) is 17.0. The summed E-state index contributed by atoms with van der Waals surface area (Å²) in [5.74, 6) is 0. The average molecular weight is 320 g/mol. The summed E-state index contributed by atoms with van der Waals surface area (Å²) >= 11 is 0. The molecule has 1 heterocycles. The van der Waals surface area contributed by atoms with E-state index in [0.717, 1.165) is 12.1 Å². The Hall–Kier alpha value is -1.32. The largest absolute Gasteiger partial charge is 0.306 e. The molecule has 1 aliphatic rings. The first-order valence-electron chi connectivity index (χ1n) is 7.76. The number of likely N-dealkylation sites (N-methyl/N-ethyl adjacent to an activating group) is 1. The molecule has 3 rings (SSSR count). The minimum absolute atomic E-state index is 0. The van der Waals surface area contributed by atoms with E-state index in [1.165, 1.54) is 40.8 Å². The van der Waals surface area contributed by atoms with Gasteiger partial charge in [-0.2, -0.15) is 5.10 Å². The number of aromatic nitrogens is 2. The minimum Gasteiger partial charge on any atom is -0.306 e. The first-order valence-corrected chi connectivity index (χ1v) is 7.76. The maximum absolute atomic E-state index is 4.59. The topological polar surface area (TPSA) is 21.1 Å². The van der Waals surface area contributed by atoms with Crippen molar-refractivity contribution in [3.63, 3.8) is 0 Å². The van der Waals surface area contributed by atoms with Gasteiger partial charge in [-0.15, -0.1) is 12.4 Å². The Morgan fingerprint density at radius 2 is 1.95 bits per heavy atom. The number of nitrogens with zero attached hydrogens (tertiary/aromatic N) is 3. The van der Waals surface area contributed by atoms with Crippen molar-refractivity contribution >= 4 is 12.4 Å². The van der Waals surface area contributed by atoms with Crippen LogP contribution < -0.4 is 0 Å². The van der Waals surface area contributed by atoms with Crippen LogP contribution in [0.5, 0.6) is 0 Å². The van der Waals surface area contributed by atoms with E-state index in [1.807, 2.05) is 11.7 Å². The summed E-state index contributed by atoms with van der Waals surface area (Å²) in [5.41, 5.74) is 8.18. The van der Waals surface area contributed by atoms with Gasteiger partial charge in [-0.05, 0) is 63.9 Å². The summed E-state index contributed by atoms with van der Waals surface area (Å²) in [6.07, 6.45) is 3.58. The maximum Gasteiger partial charge on any atom is 0.0674 e. The molecule has 0 fully saturated rings. The van der Waals surface area contributed by atoms with Crippen LogP contribution >= 0.6 is 12.4 Å². The standard InChI is InChI=1S/C18H25N3.ClH/c1-12-18(13(2)21(5)19-12)17-8-6-7-14-11-15(20(3)4)9-10-16(14)17;/h6-8,15H,9-11H2,1-5H3;1H. The van der Waals surface area contributed by atoms with Crippen molar-refractivity contribution in [3.05, 3.63) is 40.7 Å². The Labute approximate surface area is 139 Å². The predicted octanol–water partition coefficient (Wildman–Crippen LogP) is 3.54. The molecule has 22 heavy (non-hydrogen) atoms. The van der Waals surface area contributed by atoms with Gasteiger partial charge in [0.25, 0.3) is 0 Å². The second-order valence-corrected chi connectivity index (χ2v) is 6.47. The van der Waals surface area contributed by atoms with Crippen LogP contribution in [-0.4, -0.2) is 34.8 Å². The first-order chi connectivity index (χ1) is 9.99. The second-order valence-electron chi connectivity index (χ2n) is 6.47. The number of aryl methyl sites for hydroxylation is 2. The van der Waals surface area contributed by atoms with E-state index in [1.54, 1.807) is 0 Å². The van der Waals surface area contributed by atoms with Gasteiger partial charge in [-0.1, -0.05) is 18.2 Å². The van der Waals surface area contributed by atoms with Crippen LogP contribution in [0.25, 0.3) is 11.1 Å². The Kier molecular flexibility index (Phi) is 4.98. The summed E-state index contributed by atoms with van der Waals surface area (Å²) in [4.78, 5) is 2.36. The molecule has 0 bridgehead atoms. The van der Waals surface area contributed by atoms with Crippen LogP contribution in [0.2, 0.25) is 0 Å². The van der Waals surface area contributed by atoms with E-state index in [9.17, 15) is 0 Å². The molecule has 1 unspecified atom stereocenters. The van der Waals surface area contributed by atoms with Crippen molar-refractivity contribution in [2.24, 2.45) is 7.05 Å². The SMILES string of the molecule is Cc1nn(C)c(C)c1-c1cccc2c1CCC(N(C)C)C2.Cl. The number of benzene rings is 1. The zero-order chi connectivity index (χ0) is 15.1. The quantitative estimate of drug-likeness (QED) is 0.844. The van der Waals surface area contributed by atoms with Gasteiger partial charge in [0.1, 0.15) is 0 Å². The molecule has 0 saturated heterocycles. The molecule has 120 valence electrons. The molecular formula is C18H26ClN3. The van der Waals surface area contributed by atoms with E-state index in [4.69, 9.17) is 0 Å². The molecule has 1 aromatic carbocycles. The van der Waals surface area contributed by atoms with Crippen molar-refractivity contribution in [1.82, 2.24) is 14.7 Å². The molecular weight excluding hydrogens is 294 g/mol. The van der Waals surface area contributed by atoms with Crippen molar-refractivity contribution in [2.45, 2.75) is 39.2 Å². The lowest BCUT2D eigenvalue weighted by molar-refractivity contribution is 0.268. The van der Waals surface area contributed by atoms with E-state index in [2.05, 4.69) is 56.1 Å². The van der Waals surface area contributed by atoms with E-state index < -0.39 is 0 Å². The summed E-state index contributed by atoms with van der Waals surface area (Å²) in [7, 11) is 6.41. The van der Waals surface area contributed by atoms with Gasteiger partial charge < -0.3 is 4.90 Å². The summed E-state index contributed by atoms with van der Waals surface area (Å²) < 4.78 is 2.00. The molecule has 3 nitrogen and oxygen atoms in total. The molecule has 0 aliphatic heterocycles. The van der Waals surface area contributed by atoms with Crippen molar-refractivity contribution in [2.75, 3.05) is 14.1 Å². The van der Waals surface area contributed by atoms with Gasteiger partial charge in [0.05, 0.1) is 5.69 Å². The molecule has 0 spiro atoms. The normalized spacial score (nSPS) is 17.3. The Morgan fingerprint density at radius 3 is 2.55 bits per heavy atom. The van der Waals surface area contributed by atoms with E-state index in [-0.39, 0.29) is 12.4 Å². The number of fused-ring (bicyclic) bond motifs is 1. The van der Waals surface area contributed by atoms with Crippen LogP contribution in [0.1, 0.15) is 28.9 Å². The lowest BCUT2D eigenvalue weighted by atomic mass is 9.83. The fourth-order valence-electron chi connectivity index (χ4n) is 3.63. The molecule has 1 aliphatic carbocycles. The summed E-state index contributed by atoms with van der Waals surface area (Å²) in [6, 6.07) is 7.45. The highest BCUT2D eigenvalue weighted by Gasteiger charge is 2.24. The summed E-state index contributed by atoms with van der Waals surface area (Å²) in [5, 5.41) is 4.59. The fraction of sp³-hybridized carbons (Fsp3) is 0.500. The zero-order valence-electron chi connectivity index (χ0n) is 14.2. The monoisotopic (exact) mass is 319 g/mol. The van der Waals surface area contributed by atoms with Gasteiger partial charge in [-0.3, -0.25) is 4.68 Å². The molecule has 2 aromatic rings. The molecule has 4 heteroatoms. The van der Waals surface area contributed by atoms with Crippen LogP contribution in [0.3, 0.4) is 0 Å². The molecule has 1 aromatic heterocycles. The third kappa shape index (κ3) is 2.80. The lowest BCUT2D eigenvalue weighted by Crippen LogP contribution is -2.33. The van der Waals surface area contributed by atoms with E-state index in [0.29, 0.717) is 6.04 Å². The third-order valence-corrected chi connectivity index (χ3v) is 4.96. The van der Waals surface area contributed by atoms with Gasteiger partial charge >= 0.3 is 0 Å². The van der Waals surface area contributed by atoms with Crippen LogP contribution in [-0.2, 0) is 19.9 Å². The van der Waals surface area contributed by atoms with Crippen molar-refractivity contribution in [3.8, 4) is 11.1 Å². The summed E-state index contributed by atoms with van der Waals surface area (Å²) in [6.45, 7) is 4.29. The lowest BCUT2D eigenvalue weighted by Gasteiger charge is -2.31. The highest BCUT2D eigenvalue weighted by Crippen LogP contribution is 2.35. The number of halogens is 1. The molecule has 1 atom stereocenters. The Balaban J connectivity index is 0.00000176. The maximum atomic E-state index is 4.59. The third-order valence-electron chi connectivity index (χ3n) is 4.96. The highest BCUT2D eigenvalue weighted by atomic mass is 35.5. The van der Waals surface area contributed by atoms with Crippen LogP contribution in [0.15, 0.2) is 18.2 Å². The molecule has 0 amide bonds. The fourth-order valence-corrected chi connectivity index (χ4v) is 3.63. The zero-order valence-corrected chi connectivity index (χ0v) is 15.0. The van der Waals surface area contributed by atoms with Crippen molar-refractivity contribution < 1.29 is 0 Å². The smallest absolute Gasteiger partial charge is 0.0674 e. The molecule has 0 radical (unpaired) electrons. The average Bonchev–Trinajstić information content (AvgIpc) is 2.71. The Morgan fingerprint density at radius 1 is 1.23 bits per heavy atom. The number of rotatable bonds is 2. The molecule has 0 saturated carbocycles. The van der Waals surface area contributed by atoms with Crippen LogP contribution in [0.4, 0.5) is 0 Å². The molecule has 0 N–H and O–H groups in total.